The zero-order chi connectivity index (χ0) is 47.8. The molecule has 0 unspecified atom stereocenters. The molecule has 0 aliphatic carbocycles. The largest absolute Gasteiger partial charge is 0.135 e. The summed E-state index contributed by atoms with van der Waals surface area (Å²) in [5.74, 6) is 0. The van der Waals surface area contributed by atoms with Crippen LogP contribution in [0.3, 0.4) is 0 Å². The first-order valence-corrected chi connectivity index (χ1v) is 26.2. The Hall–Kier alpha value is -8.66. The van der Waals surface area contributed by atoms with Crippen molar-refractivity contribution in [2.45, 2.75) is 0 Å². The van der Waals surface area contributed by atoms with Gasteiger partial charge in [0.05, 0.1) is 0 Å². The molecule has 2 aromatic heterocycles. The maximum atomic E-state index is 2.47. The minimum atomic E-state index is 1.17. The van der Waals surface area contributed by atoms with Crippen LogP contribution in [0.15, 0.2) is 267 Å². The molecule has 2 heteroatoms. The van der Waals surface area contributed by atoms with Crippen LogP contribution in [0.4, 0.5) is 0 Å². The van der Waals surface area contributed by atoms with E-state index in [-0.39, 0.29) is 0 Å². The molecule has 0 saturated carbocycles. The van der Waals surface area contributed by atoms with Gasteiger partial charge in [0.2, 0.25) is 0 Å². The maximum absolute atomic E-state index is 2.47. The van der Waals surface area contributed by atoms with Gasteiger partial charge < -0.3 is 0 Å². The van der Waals surface area contributed by atoms with E-state index in [4.69, 9.17) is 0 Å². The topological polar surface area (TPSA) is 0 Å². The van der Waals surface area contributed by atoms with Gasteiger partial charge in [-0.25, -0.2) is 0 Å². The van der Waals surface area contributed by atoms with E-state index in [1.807, 2.05) is 22.7 Å². The molecular formula is C70H46S2. The van der Waals surface area contributed by atoms with Crippen molar-refractivity contribution < 1.29 is 0 Å². The molecule has 0 saturated heterocycles. The standard InChI is InChI=1S/C70H46S2/c1-4-17-47(18-5-1)33-34-48-19-14-24-51(43-48)57-37-38-58(60-30-11-10-29-59(57)60)52-35-36-63-64(46-52)70(56-28-16-26-54(45-56)68-42-40-66(72-68)50-22-8-3-9-23-50)62-32-13-12-31-61(62)69(63)55-27-15-25-53(44-55)67-41-39-65(71-67)49-20-6-2-7-21-49/h1-46H. The van der Waals surface area contributed by atoms with E-state index >= 15 is 0 Å². The molecule has 0 aliphatic rings. The molecule has 0 spiro atoms. The van der Waals surface area contributed by atoms with Gasteiger partial charge in [-0.05, 0) is 159 Å². The third kappa shape index (κ3) is 8.27. The summed E-state index contributed by atoms with van der Waals surface area (Å²) in [7, 11) is 0. The van der Waals surface area contributed by atoms with E-state index in [2.05, 4.69) is 279 Å². The average molecular weight is 951 g/mol. The highest BCUT2D eigenvalue weighted by Gasteiger charge is 2.20. The SMILES string of the molecule is C(=Cc1cccc(-c2ccc(-c3ccc4c(-c5cccc(-c6ccc(-c7ccccc7)s6)c5)c5ccccc5c(-c5cccc(-c6ccc(-c7ccccc7)s6)c5)c4c3)c3ccccc23)c1)c1ccccc1. The summed E-state index contributed by atoms with van der Waals surface area (Å²) in [6, 6.07) is 98.1. The van der Waals surface area contributed by atoms with Crippen LogP contribution in [-0.4, -0.2) is 0 Å². The summed E-state index contributed by atoms with van der Waals surface area (Å²) < 4.78 is 0. The Balaban J connectivity index is 0.986. The van der Waals surface area contributed by atoms with Crippen molar-refractivity contribution in [3.63, 3.8) is 0 Å². The molecule has 13 aromatic rings. The van der Waals surface area contributed by atoms with E-state index in [9.17, 15) is 0 Å². The van der Waals surface area contributed by atoms with Crippen molar-refractivity contribution in [1.82, 2.24) is 0 Å². The molecule has 0 atom stereocenters. The number of hydrogen-bond acceptors (Lipinski definition) is 2. The Morgan fingerprint density at radius 2 is 0.583 bits per heavy atom. The monoisotopic (exact) mass is 950 g/mol. The summed E-state index contributed by atoms with van der Waals surface area (Å²) in [6.45, 7) is 0. The van der Waals surface area contributed by atoms with E-state index in [1.54, 1.807) is 0 Å². The summed E-state index contributed by atoms with van der Waals surface area (Å²) in [6.07, 6.45) is 4.39. The highest BCUT2D eigenvalue weighted by Crippen LogP contribution is 2.48. The Kier molecular flexibility index (Phi) is 11.4. The molecule has 2 heterocycles. The normalized spacial score (nSPS) is 11.6. The molecule has 72 heavy (non-hydrogen) atoms. The highest BCUT2D eigenvalue weighted by atomic mass is 32.1. The maximum Gasteiger partial charge on any atom is 0.0349 e. The van der Waals surface area contributed by atoms with Crippen LogP contribution >= 0.6 is 22.7 Å². The van der Waals surface area contributed by atoms with Gasteiger partial charge in [0.15, 0.2) is 0 Å². The molecule has 0 aliphatic heterocycles. The molecule has 0 nitrogen and oxygen atoms in total. The summed E-state index contributed by atoms with van der Waals surface area (Å²) >= 11 is 3.70. The minimum absolute atomic E-state index is 1.17. The van der Waals surface area contributed by atoms with Crippen molar-refractivity contribution >= 4 is 67.1 Å². The average Bonchev–Trinajstić information content (AvgIpc) is 4.17. The minimum Gasteiger partial charge on any atom is -0.135 e. The number of hydrogen-bond donors (Lipinski definition) is 0. The van der Waals surface area contributed by atoms with Crippen LogP contribution in [0.1, 0.15) is 11.1 Å². The van der Waals surface area contributed by atoms with Crippen molar-refractivity contribution in [2.24, 2.45) is 0 Å². The fourth-order valence-corrected chi connectivity index (χ4v) is 12.5. The Bertz CT molecular complexity index is 4140. The molecule has 0 fully saturated rings. The number of thiophene rings is 2. The van der Waals surface area contributed by atoms with E-state index in [0.717, 1.165) is 0 Å². The van der Waals surface area contributed by atoms with Gasteiger partial charge in [-0.1, -0.05) is 231 Å². The quantitative estimate of drug-likeness (QED) is 0.0947. The van der Waals surface area contributed by atoms with Crippen LogP contribution in [0.5, 0.6) is 0 Å². The second kappa shape index (κ2) is 18.9. The highest BCUT2D eigenvalue weighted by molar-refractivity contribution is 7.19. The van der Waals surface area contributed by atoms with Crippen molar-refractivity contribution in [3.05, 3.63) is 278 Å². The van der Waals surface area contributed by atoms with Gasteiger partial charge in [0.1, 0.15) is 0 Å². The van der Waals surface area contributed by atoms with Crippen LogP contribution in [-0.2, 0) is 0 Å². The fraction of sp³-hybridized carbons (Fsp3) is 0. The van der Waals surface area contributed by atoms with Crippen molar-refractivity contribution in [2.75, 3.05) is 0 Å². The van der Waals surface area contributed by atoms with Gasteiger partial charge in [-0.2, -0.15) is 0 Å². The lowest BCUT2D eigenvalue weighted by molar-refractivity contribution is 1.61. The lowest BCUT2D eigenvalue weighted by Gasteiger charge is -2.20. The Morgan fingerprint density at radius 1 is 0.208 bits per heavy atom. The van der Waals surface area contributed by atoms with Gasteiger partial charge in [-0.3, -0.25) is 0 Å². The van der Waals surface area contributed by atoms with Crippen molar-refractivity contribution in [1.29, 1.82) is 0 Å². The molecule has 0 amide bonds. The number of rotatable bonds is 10. The van der Waals surface area contributed by atoms with E-state index < -0.39 is 0 Å². The lowest BCUT2D eigenvalue weighted by Crippen LogP contribution is -1.93. The van der Waals surface area contributed by atoms with E-state index in [0.29, 0.717) is 0 Å². The second-order valence-electron chi connectivity index (χ2n) is 18.4. The molecule has 338 valence electrons. The van der Waals surface area contributed by atoms with Gasteiger partial charge in [0.25, 0.3) is 0 Å². The van der Waals surface area contributed by atoms with Crippen LogP contribution in [0.25, 0.3) is 131 Å². The predicted octanol–water partition coefficient (Wildman–Crippen LogP) is 20.8. The third-order valence-electron chi connectivity index (χ3n) is 13.9. The number of fused-ring (bicyclic) bond motifs is 3. The first-order valence-electron chi connectivity index (χ1n) is 24.5. The van der Waals surface area contributed by atoms with Gasteiger partial charge in [0, 0.05) is 19.5 Å². The fourth-order valence-electron chi connectivity index (χ4n) is 10.5. The molecule has 0 N–H and O–H groups in total. The summed E-state index contributed by atoms with van der Waals surface area (Å²) in [5.41, 5.74) is 17.0. The molecule has 0 radical (unpaired) electrons. The van der Waals surface area contributed by atoms with Gasteiger partial charge >= 0.3 is 0 Å². The molecule has 11 aromatic carbocycles. The predicted molar refractivity (Wildman–Crippen MR) is 314 cm³/mol. The Morgan fingerprint density at radius 3 is 1.14 bits per heavy atom. The van der Waals surface area contributed by atoms with E-state index in [1.165, 1.54) is 130 Å². The van der Waals surface area contributed by atoms with Crippen LogP contribution in [0.2, 0.25) is 0 Å². The first kappa shape index (κ1) is 43.4. The van der Waals surface area contributed by atoms with Crippen LogP contribution < -0.4 is 0 Å². The van der Waals surface area contributed by atoms with Gasteiger partial charge in [-0.15, -0.1) is 22.7 Å². The molecular weight excluding hydrogens is 905 g/mol. The lowest BCUT2D eigenvalue weighted by atomic mass is 9.83. The second-order valence-corrected chi connectivity index (χ2v) is 20.5. The molecule has 13 rings (SSSR count). The van der Waals surface area contributed by atoms with Crippen LogP contribution in [0, 0.1) is 0 Å². The smallest absolute Gasteiger partial charge is 0.0349 e. The first-order chi connectivity index (χ1) is 35.7. The zero-order valence-electron chi connectivity index (χ0n) is 39.4. The Labute approximate surface area is 428 Å². The molecule has 0 bridgehead atoms. The van der Waals surface area contributed by atoms with Crippen molar-refractivity contribution in [3.8, 4) is 86.3 Å². The summed E-state index contributed by atoms with van der Waals surface area (Å²) in [4.78, 5) is 5.06. The summed E-state index contributed by atoms with van der Waals surface area (Å²) in [5, 5.41) is 7.40. The zero-order valence-corrected chi connectivity index (χ0v) is 41.0. The number of benzene rings is 11. The third-order valence-corrected chi connectivity index (χ3v) is 16.3.